The van der Waals surface area contributed by atoms with Crippen molar-refractivity contribution in [3.63, 3.8) is 0 Å². The fourth-order valence-corrected chi connectivity index (χ4v) is 4.06. The maximum Gasteiger partial charge on any atom is 0.170 e. The van der Waals surface area contributed by atoms with E-state index in [1.807, 2.05) is 18.3 Å². The normalized spacial score (nSPS) is 20.1. The number of hydrogen-bond acceptors (Lipinski definition) is 3. The summed E-state index contributed by atoms with van der Waals surface area (Å²) >= 11 is 5.72. The molecule has 0 aliphatic carbocycles. The Morgan fingerprint density at radius 2 is 2.04 bits per heavy atom. The molecule has 0 radical (unpaired) electrons. The third kappa shape index (κ3) is 3.62. The van der Waals surface area contributed by atoms with Gasteiger partial charge in [0.15, 0.2) is 5.11 Å². The summed E-state index contributed by atoms with van der Waals surface area (Å²) in [5, 5.41) is 4.36. The summed E-state index contributed by atoms with van der Waals surface area (Å²) < 4.78 is 2.25. The standard InChI is InChI=1S/C20H29N5S/c1-14-13-16(15(2)24(14)5)19-18(17-9-6-7-10-21-17)22-20(26)25(19)12-8-11-23(3)4/h6-7,9-10,13,18-19H,8,11-12H2,1-5H3,(H,22,26)/t18-,19-/m0/s1. The second-order valence-corrected chi connectivity index (χ2v) is 7.75. The summed E-state index contributed by atoms with van der Waals surface area (Å²) in [5.74, 6) is 0. The fourth-order valence-electron chi connectivity index (χ4n) is 3.73. The molecule has 2 aromatic rings. The first-order chi connectivity index (χ1) is 12.4. The van der Waals surface area contributed by atoms with E-state index in [9.17, 15) is 0 Å². The van der Waals surface area contributed by atoms with Gasteiger partial charge in [-0.25, -0.2) is 0 Å². The molecule has 0 saturated carbocycles. The van der Waals surface area contributed by atoms with E-state index in [2.05, 4.69) is 71.8 Å². The summed E-state index contributed by atoms with van der Waals surface area (Å²) in [6.07, 6.45) is 2.93. The van der Waals surface area contributed by atoms with Crippen LogP contribution in [0.15, 0.2) is 30.5 Å². The van der Waals surface area contributed by atoms with Crippen molar-refractivity contribution in [1.82, 2.24) is 24.7 Å². The Bertz CT molecular complexity index is 768. The summed E-state index contributed by atoms with van der Waals surface area (Å²) in [4.78, 5) is 9.17. The van der Waals surface area contributed by atoms with Crippen molar-refractivity contribution in [2.75, 3.05) is 27.2 Å². The van der Waals surface area contributed by atoms with Crippen LogP contribution in [0.3, 0.4) is 0 Å². The lowest BCUT2D eigenvalue weighted by Crippen LogP contribution is -2.32. The lowest BCUT2D eigenvalue weighted by Gasteiger charge is -2.28. The molecule has 1 N–H and O–H groups in total. The van der Waals surface area contributed by atoms with E-state index in [0.29, 0.717) is 0 Å². The highest BCUT2D eigenvalue weighted by atomic mass is 32.1. The average molecular weight is 372 g/mol. The Labute approximate surface area is 162 Å². The van der Waals surface area contributed by atoms with E-state index in [1.165, 1.54) is 17.0 Å². The maximum atomic E-state index is 5.72. The van der Waals surface area contributed by atoms with E-state index >= 15 is 0 Å². The Balaban J connectivity index is 1.97. The van der Waals surface area contributed by atoms with Crippen LogP contribution in [0.4, 0.5) is 0 Å². The second kappa shape index (κ2) is 7.76. The van der Waals surface area contributed by atoms with Crippen molar-refractivity contribution in [2.45, 2.75) is 32.4 Å². The van der Waals surface area contributed by atoms with Gasteiger partial charge in [0.05, 0.1) is 17.8 Å². The van der Waals surface area contributed by atoms with Crippen molar-refractivity contribution in [2.24, 2.45) is 7.05 Å². The zero-order valence-corrected chi connectivity index (χ0v) is 17.2. The number of hydrogen-bond donors (Lipinski definition) is 1. The molecule has 1 aliphatic heterocycles. The average Bonchev–Trinajstić information content (AvgIpc) is 3.07. The molecule has 0 bridgehead atoms. The van der Waals surface area contributed by atoms with Crippen LogP contribution >= 0.6 is 12.2 Å². The molecule has 26 heavy (non-hydrogen) atoms. The predicted octanol–water partition coefficient (Wildman–Crippen LogP) is 2.96. The summed E-state index contributed by atoms with van der Waals surface area (Å²) in [6.45, 7) is 6.33. The number of nitrogens with one attached hydrogen (secondary N) is 1. The number of rotatable bonds is 6. The van der Waals surface area contributed by atoms with Crippen molar-refractivity contribution >= 4 is 17.3 Å². The SMILES string of the molecule is Cc1cc([C@H]2[C@H](c3ccccn3)NC(=S)N2CCCN(C)C)c(C)n1C. The molecule has 1 aliphatic rings. The highest BCUT2D eigenvalue weighted by Gasteiger charge is 2.40. The van der Waals surface area contributed by atoms with Gasteiger partial charge in [-0.3, -0.25) is 4.98 Å². The van der Waals surface area contributed by atoms with E-state index in [-0.39, 0.29) is 12.1 Å². The van der Waals surface area contributed by atoms with Gasteiger partial charge in [0.25, 0.3) is 0 Å². The van der Waals surface area contributed by atoms with Gasteiger partial charge in [0, 0.05) is 31.2 Å². The molecule has 1 fully saturated rings. The van der Waals surface area contributed by atoms with Gasteiger partial charge in [-0.15, -0.1) is 0 Å². The number of thiocarbonyl (C=S) groups is 1. The van der Waals surface area contributed by atoms with E-state index in [0.717, 1.165) is 30.3 Å². The highest BCUT2D eigenvalue weighted by Crippen LogP contribution is 2.40. The van der Waals surface area contributed by atoms with E-state index in [4.69, 9.17) is 12.2 Å². The first-order valence-corrected chi connectivity index (χ1v) is 9.56. The first-order valence-electron chi connectivity index (χ1n) is 9.15. The van der Waals surface area contributed by atoms with Gasteiger partial charge in [-0.1, -0.05) is 6.07 Å². The molecule has 0 amide bonds. The molecule has 5 nitrogen and oxygen atoms in total. The number of aromatic nitrogens is 2. The van der Waals surface area contributed by atoms with Gasteiger partial charge in [-0.05, 0) is 76.9 Å². The molecule has 0 aromatic carbocycles. The van der Waals surface area contributed by atoms with E-state index in [1.54, 1.807) is 0 Å². The highest BCUT2D eigenvalue weighted by molar-refractivity contribution is 7.80. The Hall–Kier alpha value is -1.92. The fraction of sp³-hybridized carbons (Fsp3) is 0.500. The summed E-state index contributed by atoms with van der Waals surface area (Å²) in [7, 11) is 6.35. The Morgan fingerprint density at radius 1 is 1.27 bits per heavy atom. The number of pyridine rings is 1. The van der Waals surface area contributed by atoms with Crippen LogP contribution in [0, 0.1) is 13.8 Å². The van der Waals surface area contributed by atoms with Gasteiger partial charge in [-0.2, -0.15) is 0 Å². The third-order valence-corrected chi connectivity index (χ3v) is 5.69. The minimum atomic E-state index is 0.0727. The number of aryl methyl sites for hydroxylation is 1. The van der Waals surface area contributed by atoms with Crippen LogP contribution in [0.25, 0.3) is 0 Å². The predicted molar refractivity (Wildman–Crippen MR) is 110 cm³/mol. The lowest BCUT2D eigenvalue weighted by atomic mass is 9.96. The molecule has 3 rings (SSSR count). The van der Waals surface area contributed by atoms with Crippen LogP contribution < -0.4 is 5.32 Å². The van der Waals surface area contributed by atoms with E-state index < -0.39 is 0 Å². The van der Waals surface area contributed by atoms with Crippen LogP contribution in [0.5, 0.6) is 0 Å². The van der Waals surface area contributed by atoms with Crippen LogP contribution in [-0.4, -0.2) is 51.6 Å². The Morgan fingerprint density at radius 3 is 2.62 bits per heavy atom. The molecule has 6 heteroatoms. The quantitative estimate of drug-likeness (QED) is 0.790. The molecule has 0 unspecified atom stereocenters. The molecule has 140 valence electrons. The molecular weight excluding hydrogens is 342 g/mol. The molecule has 2 aromatic heterocycles. The van der Waals surface area contributed by atoms with Crippen LogP contribution in [0.2, 0.25) is 0 Å². The summed E-state index contributed by atoms with van der Waals surface area (Å²) in [5.41, 5.74) is 4.93. The van der Waals surface area contributed by atoms with Gasteiger partial charge in [0.1, 0.15) is 0 Å². The van der Waals surface area contributed by atoms with Gasteiger partial charge in [0.2, 0.25) is 0 Å². The summed E-state index contributed by atoms with van der Waals surface area (Å²) in [6, 6.07) is 8.62. The van der Waals surface area contributed by atoms with Crippen molar-refractivity contribution in [3.8, 4) is 0 Å². The zero-order chi connectivity index (χ0) is 18.8. The molecular formula is C20H29N5S. The van der Waals surface area contributed by atoms with Crippen LogP contribution in [0.1, 0.15) is 41.1 Å². The largest absolute Gasteiger partial charge is 0.352 e. The van der Waals surface area contributed by atoms with Crippen molar-refractivity contribution in [3.05, 3.63) is 53.1 Å². The minimum Gasteiger partial charge on any atom is -0.352 e. The molecule has 2 atom stereocenters. The van der Waals surface area contributed by atoms with Crippen molar-refractivity contribution in [1.29, 1.82) is 0 Å². The number of nitrogens with zero attached hydrogens (tertiary/aromatic N) is 4. The monoisotopic (exact) mass is 371 g/mol. The van der Waals surface area contributed by atoms with Crippen molar-refractivity contribution < 1.29 is 0 Å². The van der Waals surface area contributed by atoms with Crippen LogP contribution in [-0.2, 0) is 7.05 Å². The van der Waals surface area contributed by atoms with Gasteiger partial charge < -0.3 is 19.7 Å². The topological polar surface area (TPSA) is 36.3 Å². The first kappa shape index (κ1) is 18.9. The molecule has 1 saturated heterocycles. The maximum absolute atomic E-state index is 5.72. The zero-order valence-electron chi connectivity index (χ0n) is 16.4. The molecule has 3 heterocycles. The lowest BCUT2D eigenvalue weighted by molar-refractivity contribution is 0.292. The smallest absolute Gasteiger partial charge is 0.170 e. The third-order valence-electron chi connectivity index (χ3n) is 5.34. The Kier molecular flexibility index (Phi) is 5.63. The second-order valence-electron chi connectivity index (χ2n) is 7.36. The molecule has 0 spiro atoms. The van der Waals surface area contributed by atoms with Gasteiger partial charge >= 0.3 is 0 Å². The minimum absolute atomic E-state index is 0.0727.